The highest BCUT2D eigenvalue weighted by Gasteiger charge is 2.36. The highest BCUT2D eigenvalue weighted by Crippen LogP contribution is 2.33. The fourth-order valence-electron chi connectivity index (χ4n) is 3.11. The lowest BCUT2D eigenvalue weighted by atomic mass is 9.82. The van der Waals surface area contributed by atoms with Crippen LogP contribution >= 0.6 is 0 Å². The van der Waals surface area contributed by atoms with Crippen LogP contribution in [0.3, 0.4) is 0 Å². The number of halogens is 1. The zero-order valence-electron chi connectivity index (χ0n) is 13.5. The van der Waals surface area contributed by atoms with Crippen molar-refractivity contribution >= 4 is 5.91 Å². The van der Waals surface area contributed by atoms with Crippen molar-refractivity contribution in [1.29, 1.82) is 0 Å². The van der Waals surface area contributed by atoms with Gasteiger partial charge in [-0.1, -0.05) is 24.3 Å². The molecule has 2 aromatic rings. The number of nitrogens with one attached hydrogen (secondary N) is 1. The van der Waals surface area contributed by atoms with Gasteiger partial charge in [0.15, 0.2) is 0 Å². The van der Waals surface area contributed by atoms with Crippen LogP contribution in [0, 0.1) is 5.82 Å². The molecule has 1 amide bonds. The first-order valence-corrected chi connectivity index (χ1v) is 7.94. The molecule has 1 fully saturated rings. The minimum Gasteiger partial charge on any atom is -0.496 e. The maximum atomic E-state index is 13.7. The SMILES string of the molecule is COc1ccccc1C(=O)NC1(c2cccc(F)c2)CCOCC1. The van der Waals surface area contributed by atoms with E-state index >= 15 is 0 Å². The van der Waals surface area contributed by atoms with Gasteiger partial charge in [0.2, 0.25) is 0 Å². The molecule has 0 unspecified atom stereocenters. The molecule has 126 valence electrons. The smallest absolute Gasteiger partial charge is 0.255 e. The first kappa shape index (κ1) is 16.5. The summed E-state index contributed by atoms with van der Waals surface area (Å²) in [5.74, 6) is -0.0417. The van der Waals surface area contributed by atoms with E-state index in [0.29, 0.717) is 37.4 Å². The van der Waals surface area contributed by atoms with Crippen molar-refractivity contribution in [2.24, 2.45) is 0 Å². The summed E-state index contributed by atoms with van der Waals surface area (Å²) in [4.78, 5) is 12.8. The Morgan fingerprint density at radius 3 is 2.62 bits per heavy atom. The number of hydrogen-bond acceptors (Lipinski definition) is 3. The minimum atomic E-state index is -0.641. The van der Waals surface area contributed by atoms with Gasteiger partial charge in [-0.15, -0.1) is 0 Å². The van der Waals surface area contributed by atoms with E-state index in [1.54, 1.807) is 24.3 Å². The van der Waals surface area contributed by atoms with E-state index in [4.69, 9.17) is 9.47 Å². The van der Waals surface area contributed by atoms with E-state index in [-0.39, 0.29) is 11.7 Å². The van der Waals surface area contributed by atoms with Gasteiger partial charge in [-0.05, 0) is 42.7 Å². The summed E-state index contributed by atoms with van der Waals surface area (Å²) in [6.45, 7) is 1.03. The van der Waals surface area contributed by atoms with E-state index in [9.17, 15) is 9.18 Å². The van der Waals surface area contributed by atoms with Crippen LogP contribution in [0.25, 0.3) is 0 Å². The van der Waals surface area contributed by atoms with Crippen molar-refractivity contribution in [2.75, 3.05) is 20.3 Å². The Morgan fingerprint density at radius 2 is 1.92 bits per heavy atom. The summed E-state index contributed by atoms with van der Waals surface area (Å²) in [6.07, 6.45) is 1.19. The Morgan fingerprint density at radius 1 is 1.17 bits per heavy atom. The summed E-state index contributed by atoms with van der Waals surface area (Å²) in [6, 6.07) is 13.4. The zero-order valence-corrected chi connectivity index (χ0v) is 13.5. The number of carbonyl (C=O) groups is 1. The maximum Gasteiger partial charge on any atom is 0.255 e. The van der Waals surface area contributed by atoms with Crippen LogP contribution in [0.4, 0.5) is 4.39 Å². The fourth-order valence-corrected chi connectivity index (χ4v) is 3.11. The number of rotatable bonds is 4. The lowest BCUT2D eigenvalue weighted by molar-refractivity contribution is 0.0343. The second-order valence-corrected chi connectivity index (χ2v) is 5.86. The van der Waals surface area contributed by atoms with Crippen LogP contribution in [0.2, 0.25) is 0 Å². The molecule has 0 bridgehead atoms. The van der Waals surface area contributed by atoms with Gasteiger partial charge < -0.3 is 14.8 Å². The highest BCUT2D eigenvalue weighted by molar-refractivity contribution is 5.97. The molecule has 1 aliphatic rings. The van der Waals surface area contributed by atoms with Crippen LogP contribution in [-0.2, 0) is 10.3 Å². The molecule has 0 radical (unpaired) electrons. The molecule has 1 heterocycles. The summed E-state index contributed by atoms with van der Waals surface area (Å²) in [5.41, 5.74) is 0.578. The van der Waals surface area contributed by atoms with Gasteiger partial charge >= 0.3 is 0 Å². The number of para-hydroxylation sites is 1. The van der Waals surface area contributed by atoms with Gasteiger partial charge in [0.05, 0.1) is 18.2 Å². The van der Waals surface area contributed by atoms with Crippen LogP contribution in [0.1, 0.15) is 28.8 Å². The van der Waals surface area contributed by atoms with Crippen LogP contribution < -0.4 is 10.1 Å². The van der Waals surface area contributed by atoms with Crippen molar-refractivity contribution in [2.45, 2.75) is 18.4 Å². The minimum absolute atomic E-state index is 0.237. The Balaban J connectivity index is 1.94. The van der Waals surface area contributed by atoms with Crippen molar-refractivity contribution in [1.82, 2.24) is 5.32 Å². The molecule has 0 spiro atoms. The molecule has 0 atom stereocenters. The molecule has 1 N–H and O–H groups in total. The summed E-state index contributed by atoms with van der Waals surface area (Å²) < 4.78 is 24.4. The van der Waals surface area contributed by atoms with E-state index in [2.05, 4.69) is 5.32 Å². The molecule has 3 rings (SSSR count). The molecule has 5 heteroatoms. The van der Waals surface area contributed by atoms with Gasteiger partial charge in [-0.2, -0.15) is 0 Å². The lowest BCUT2D eigenvalue weighted by Gasteiger charge is -2.38. The third-order valence-corrected chi connectivity index (χ3v) is 4.43. The van der Waals surface area contributed by atoms with Crippen molar-refractivity contribution in [3.8, 4) is 5.75 Å². The first-order chi connectivity index (χ1) is 11.6. The van der Waals surface area contributed by atoms with E-state index in [1.165, 1.54) is 19.2 Å². The van der Waals surface area contributed by atoms with Gasteiger partial charge in [-0.25, -0.2) is 4.39 Å². The number of methoxy groups -OCH3 is 1. The van der Waals surface area contributed by atoms with Crippen LogP contribution in [0.5, 0.6) is 5.75 Å². The lowest BCUT2D eigenvalue weighted by Crippen LogP contribution is -2.49. The average molecular weight is 329 g/mol. The number of hydrogen-bond donors (Lipinski definition) is 1. The van der Waals surface area contributed by atoms with Gasteiger partial charge in [-0.3, -0.25) is 4.79 Å². The predicted octanol–water partition coefficient (Wildman–Crippen LogP) is 3.27. The second-order valence-electron chi connectivity index (χ2n) is 5.86. The van der Waals surface area contributed by atoms with E-state index < -0.39 is 5.54 Å². The van der Waals surface area contributed by atoms with Crippen LogP contribution in [-0.4, -0.2) is 26.2 Å². The molecule has 0 saturated carbocycles. The van der Waals surface area contributed by atoms with Gasteiger partial charge in [0, 0.05) is 13.2 Å². The molecular formula is C19H20FNO3. The Hall–Kier alpha value is -2.40. The number of ether oxygens (including phenoxy) is 2. The maximum absolute atomic E-state index is 13.7. The number of amides is 1. The largest absolute Gasteiger partial charge is 0.496 e. The Bertz CT molecular complexity index is 726. The normalized spacial score (nSPS) is 16.4. The Kier molecular flexibility index (Phi) is 4.81. The molecule has 24 heavy (non-hydrogen) atoms. The summed E-state index contributed by atoms with van der Waals surface area (Å²) in [7, 11) is 1.53. The van der Waals surface area contributed by atoms with Crippen molar-refractivity contribution in [3.05, 3.63) is 65.5 Å². The molecule has 0 aromatic heterocycles. The number of carbonyl (C=O) groups excluding carboxylic acids is 1. The predicted molar refractivity (Wildman–Crippen MR) is 88.6 cm³/mol. The topological polar surface area (TPSA) is 47.6 Å². The third kappa shape index (κ3) is 3.26. The highest BCUT2D eigenvalue weighted by atomic mass is 19.1. The molecular weight excluding hydrogens is 309 g/mol. The molecule has 0 aliphatic carbocycles. The van der Waals surface area contributed by atoms with Crippen molar-refractivity contribution in [3.63, 3.8) is 0 Å². The summed E-state index contributed by atoms with van der Waals surface area (Å²) >= 11 is 0. The molecule has 1 aliphatic heterocycles. The first-order valence-electron chi connectivity index (χ1n) is 7.94. The molecule has 1 saturated heterocycles. The monoisotopic (exact) mass is 329 g/mol. The van der Waals surface area contributed by atoms with E-state index in [1.807, 2.05) is 12.1 Å². The van der Waals surface area contributed by atoms with Gasteiger partial charge in [0.1, 0.15) is 11.6 Å². The van der Waals surface area contributed by atoms with Crippen LogP contribution in [0.15, 0.2) is 48.5 Å². The second kappa shape index (κ2) is 7.01. The summed E-state index contributed by atoms with van der Waals surface area (Å²) in [5, 5.41) is 3.10. The molecule has 2 aromatic carbocycles. The zero-order chi connectivity index (χ0) is 17.0. The third-order valence-electron chi connectivity index (χ3n) is 4.43. The standard InChI is InChI=1S/C19H20FNO3/c1-23-17-8-3-2-7-16(17)18(22)21-19(9-11-24-12-10-19)14-5-4-6-15(20)13-14/h2-8,13H,9-12H2,1H3,(H,21,22). The Labute approximate surface area is 140 Å². The van der Waals surface area contributed by atoms with E-state index in [0.717, 1.165) is 5.56 Å². The van der Waals surface area contributed by atoms with Crippen molar-refractivity contribution < 1.29 is 18.7 Å². The number of benzene rings is 2. The molecule has 4 nitrogen and oxygen atoms in total. The fraction of sp³-hybridized carbons (Fsp3) is 0.316. The van der Waals surface area contributed by atoms with Gasteiger partial charge in [0.25, 0.3) is 5.91 Å². The quantitative estimate of drug-likeness (QED) is 0.936. The average Bonchev–Trinajstić information content (AvgIpc) is 2.62.